The first-order valence-corrected chi connectivity index (χ1v) is 6.84. The molecule has 0 amide bonds. The van der Waals surface area contributed by atoms with Crippen LogP contribution < -0.4 is 0 Å². The molecule has 1 unspecified atom stereocenters. The SMILES string of the molecule is C=C(CC)C1=C/C(=C/C)C(C)C=C1.CCCC. The van der Waals surface area contributed by atoms with E-state index >= 15 is 0 Å². The van der Waals surface area contributed by atoms with Crippen LogP contribution in [0.25, 0.3) is 0 Å². The highest BCUT2D eigenvalue weighted by molar-refractivity contribution is 5.47. The van der Waals surface area contributed by atoms with Gasteiger partial charge in [-0.1, -0.05) is 71.4 Å². The van der Waals surface area contributed by atoms with Gasteiger partial charge in [-0.3, -0.25) is 0 Å². The largest absolute Gasteiger partial charge is 0.0952 e. The molecule has 0 aromatic heterocycles. The summed E-state index contributed by atoms with van der Waals surface area (Å²) in [5.41, 5.74) is 3.91. The molecular formula is C17H28. The molecule has 96 valence electrons. The number of unbranched alkanes of at least 4 members (excludes halogenated alkanes) is 1. The summed E-state index contributed by atoms with van der Waals surface area (Å²) < 4.78 is 0. The van der Waals surface area contributed by atoms with E-state index < -0.39 is 0 Å². The van der Waals surface area contributed by atoms with E-state index in [0.29, 0.717) is 5.92 Å². The van der Waals surface area contributed by atoms with Gasteiger partial charge in [-0.15, -0.1) is 0 Å². The molecule has 0 nitrogen and oxygen atoms in total. The van der Waals surface area contributed by atoms with E-state index in [4.69, 9.17) is 0 Å². The normalized spacial score (nSPS) is 20.6. The molecule has 0 bridgehead atoms. The van der Waals surface area contributed by atoms with E-state index in [1.807, 2.05) is 0 Å². The zero-order chi connectivity index (χ0) is 13.3. The summed E-state index contributed by atoms with van der Waals surface area (Å²) in [7, 11) is 0. The summed E-state index contributed by atoms with van der Waals surface area (Å²) in [5.74, 6) is 0.554. The monoisotopic (exact) mass is 232 g/mol. The molecule has 1 rings (SSSR count). The van der Waals surface area contributed by atoms with Crippen LogP contribution in [0.3, 0.4) is 0 Å². The quantitative estimate of drug-likeness (QED) is 0.573. The Labute approximate surface area is 108 Å². The van der Waals surface area contributed by atoms with Crippen molar-refractivity contribution >= 4 is 0 Å². The van der Waals surface area contributed by atoms with Crippen LogP contribution in [0.5, 0.6) is 0 Å². The molecule has 17 heavy (non-hydrogen) atoms. The smallest absolute Gasteiger partial charge is 0.00102 e. The molecule has 0 aromatic carbocycles. The fraction of sp³-hybridized carbons (Fsp3) is 0.529. The zero-order valence-electron chi connectivity index (χ0n) is 12.2. The van der Waals surface area contributed by atoms with Gasteiger partial charge in [0.2, 0.25) is 0 Å². The molecule has 1 aliphatic carbocycles. The van der Waals surface area contributed by atoms with Crippen molar-refractivity contribution in [2.45, 2.75) is 53.9 Å². The predicted molar refractivity (Wildman–Crippen MR) is 80.2 cm³/mol. The Morgan fingerprint density at radius 1 is 1.29 bits per heavy atom. The maximum Gasteiger partial charge on any atom is -0.00102 e. The molecule has 0 aliphatic heterocycles. The van der Waals surface area contributed by atoms with Crippen LogP contribution in [0, 0.1) is 5.92 Å². The van der Waals surface area contributed by atoms with Crippen molar-refractivity contribution in [1.82, 2.24) is 0 Å². The Hall–Kier alpha value is -1.04. The first-order valence-electron chi connectivity index (χ1n) is 6.84. The van der Waals surface area contributed by atoms with Crippen molar-refractivity contribution < 1.29 is 0 Å². The fourth-order valence-electron chi connectivity index (χ4n) is 1.49. The maximum absolute atomic E-state index is 4.04. The van der Waals surface area contributed by atoms with Gasteiger partial charge in [0.05, 0.1) is 0 Å². The number of hydrogen-bond acceptors (Lipinski definition) is 0. The van der Waals surface area contributed by atoms with Crippen LogP contribution >= 0.6 is 0 Å². The average Bonchev–Trinajstić information content (AvgIpc) is 2.38. The first-order chi connectivity index (χ1) is 8.10. The highest BCUT2D eigenvalue weighted by Crippen LogP contribution is 2.25. The second kappa shape index (κ2) is 9.04. The molecule has 0 saturated carbocycles. The topological polar surface area (TPSA) is 0 Å². The predicted octanol–water partition coefficient (Wildman–Crippen LogP) is 5.84. The molecule has 0 spiro atoms. The van der Waals surface area contributed by atoms with Crippen LogP contribution in [0.1, 0.15) is 53.9 Å². The summed E-state index contributed by atoms with van der Waals surface area (Å²) >= 11 is 0. The van der Waals surface area contributed by atoms with Crippen LogP contribution in [-0.2, 0) is 0 Å². The third kappa shape index (κ3) is 5.72. The van der Waals surface area contributed by atoms with Crippen LogP contribution in [0.4, 0.5) is 0 Å². The summed E-state index contributed by atoms with van der Waals surface area (Å²) in [5, 5.41) is 0. The van der Waals surface area contributed by atoms with Crippen molar-refractivity contribution in [1.29, 1.82) is 0 Å². The molecule has 0 heteroatoms. The lowest BCUT2D eigenvalue weighted by atomic mass is 9.89. The molecule has 0 N–H and O–H groups in total. The Morgan fingerprint density at radius 3 is 2.29 bits per heavy atom. The van der Waals surface area contributed by atoms with Crippen molar-refractivity contribution in [2.24, 2.45) is 5.92 Å². The minimum atomic E-state index is 0.554. The van der Waals surface area contributed by atoms with Crippen LogP contribution in [-0.4, -0.2) is 0 Å². The summed E-state index contributed by atoms with van der Waals surface area (Å²) in [6.45, 7) is 14.9. The van der Waals surface area contributed by atoms with Crippen molar-refractivity contribution in [3.05, 3.63) is 47.6 Å². The second-order valence-corrected chi connectivity index (χ2v) is 4.49. The van der Waals surface area contributed by atoms with Crippen molar-refractivity contribution in [2.75, 3.05) is 0 Å². The molecule has 1 atom stereocenters. The molecule has 1 aliphatic rings. The van der Waals surface area contributed by atoms with Crippen molar-refractivity contribution in [3.63, 3.8) is 0 Å². The van der Waals surface area contributed by atoms with Gasteiger partial charge in [-0.05, 0) is 36.0 Å². The Bertz CT molecular complexity index is 311. The van der Waals surface area contributed by atoms with E-state index in [2.05, 4.69) is 65.5 Å². The Morgan fingerprint density at radius 2 is 1.88 bits per heavy atom. The minimum Gasteiger partial charge on any atom is -0.0952 e. The van der Waals surface area contributed by atoms with Gasteiger partial charge >= 0.3 is 0 Å². The summed E-state index contributed by atoms with van der Waals surface area (Å²) in [6, 6.07) is 0. The van der Waals surface area contributed by atoms with Gasteiger partial charge in [-0.2, -0.15) is 0 Å². The summed E-state index contributed by atoms with van der Waals surface area (Å²) in [6.07, 6.45) is 12.5. The molecule has 0 fully saturated rings. The number of allylic oxidation sites excluding steroid dienone is 7. The van der Waals surface area contributed by atoms with Gasteiger partial charge in [0.1, 0.15) is 0 Å². The Kier molecular flexibility index (Phi) is 8.49. The number of rotatable bonds is 3. The Balaban J connectivity index is 0.000000557. The first kappa shape index (κ1) is 16.0. The molecule has 0 radical (unpaired) electrons. The van der Waals surface area contributed by atoms with E-state index in [1.165, 1.54) is 29.6 Å². The fourth-order valence-corrected chi connectivity index (χ4v) is 1.49. The number of hydrogen-bond donors (Lipinski definition) is 0. The van der Waals surface area contributed by atoms with Gasteiger partial charge < -0.3 is 0 Å². The van der Waals surface area contributed by atoms with Crippen LogP contribution in [0.2, 0.25) is 0 Å². The van der Waals surface area contributed by atoms with E-state index in [-0.39, 0.29) is 0 Å². The highest BCUT2D eigenvalue weighted by atomic mass is 14.1. The lowest BCUT2D eigenvalue weighted by Crippen LogP contribution is -2.00. The third-order valence-corrected chi connectivity index (χ3v) is 3.08. The van der Waals surface area contributed by atoms with Gasteiger partial charge in [0, 0.05) is 0 Å². The third-order valence-electron chi connectivity index (χ3n) is 3.08. The zero-order valence-corrected chi connectivity index (χ0v) is 12.2. The minimum absolute atomic E-state index is 0.554. The van der Waals surface area contributed by atoms with Gasteiger partial charge in [0.15, 0.2) is 0 Å². The van der Waals surface area contributed by atoms with Gasteiger partial charge in [0.25, 0.3) is 0 Å². The molecule has 0 aromatic rings. The average molecular weight is 232 g/mol. The highest BCUT2D eigenvalue weighted by Gasteiger charge is 2.09. The summed E-state index contributed by atoms with van der Waals surface area (Å²) in [4.78, 5) is 0. The molecule has 0 saturated heterocycles. The second-order valence-electron chi connectivity index (χ2n) is 4.49. The van der Waals surface area contributed by atoms with Crippen LogP contribution in [0.15, 0.2) is 47.6 Å². The molecular weight excluding hydrogens is 204 g/mol. The standard InChI is InChI=1S/C13H18.C4H10/c1-5-10(3)13-8-7-11(4)12(6-2)9-13;1-3-4-2/h6-9,11H,3,5H2,1-2,4H3;3-4H2,1-2H3/b12-6-;. The van der Waals surface area contributed by atoms with Gasteiger partial charge in [-0.25, -0.2) is 0 Å². The van der Waals surface area contributed by atoms with Crippen molar-refractivity contribution in [3.8, 4) is 0 Å². The molecule has 0 heterocycles. The van der Waals surface area contributed by atoms with E-state index in [0.717, 1.165) is 6.42 Å². The van der Waals surface area contributed by atoms with E-state index in [9.17, 15) is 0 Å². The maximum atomic E-state index is 4.04. The lowest BCUT2D eigenvalue weighted by molar-refractivity contribution is 0.873. The van der Waals surface area contributed by atoms with E-state index in [1.54, 1.807) is 0 Å². The lowest BCUT2D eigenvalue weighted by Gasteiger charge is -2.16.